The Morgan fingerprint density at radius 1 is 1.63 bits per heavy atom. The first kappa shape index (κ1) is 14.5. The molecular formula is C12H16Cl2N4O. The second-order valence-corrected chi connectivity index (χ2v) is 5.40. The quantitative estimate of drug-likeness (QED) is 0.891. The van der Waals surface area contributed by atoms with Gasteiger partial charge in [-0.15, -0.1) is 0 Å². The monoisotopic (exact) mass is 302 g/mol. The number of anilines is 1. The van der Waals surface area contributed by atoms with Crippen LogP contribution in [0.2, 0.25) is 10.0 Å². The highest BCUT2D eigenvalue weighted by molar-refractivity contribution is 6.36. The summed E-state index contributed by atoms with van der Waals surface area (Å²) in [6, 6.07) is 1.90. The number of aromatic nitrogens is 1. The SMILES string of the molecule is C[C@@H]1CNCCN1CC(=O)Nc1ncc(Cl)cc1Cl. The molecule has 1 aliphatic rings. The van der Waals surface area contributed by atoms with Gasteiger partial charge < -0.3 is 10.6 Å². The zero-order valence-electron chi connectivity index (χ0n) is 10.6. The number of pyridine rings is 1. The highest BCUT2D eigenvalue weighted by atomic mass is 35.5. The lowest BCUT2D eigenvalue weighted by atomic mass is 10.2. The molecule has 2 rings (SSSR count). The number of carbonyl (C=O) groups is 1. The zero-order valence-corrected chi connectivity index (χ0v) is 12.1. The summed E-state index contributed by atoms with van der Waals surface area (Å²) in [5.74, 6) is 0.226. The summed E-state index contributed by atoms with van der Waals surface area (Å²) in [7, 11) is 0. The van der Waals surface area contributed by atoms with Crippen LogP contribution in [0.15, 0.2) is 12.3 Å². The van der Waals surface area contributed by atoms with E-state index in [1.54, 1.807) is 6.07 Å². The molecule has 19 heavy (non-hydrogen) atoms. The Kier molecular flexibility index (Phi) is 4.99. The number of nitrogens with one attached hydrogen (secondary N) is 2. The number of hydrogen-bond acceptors (Lipinski definition) is 4. The molecule has 5 nitrogen and oxygen atoms in total. The van der Waals surface area contributed by atoms with E-state index >= 15 is 0 Å². The van der Waals surface area contributed by atoms with Gasteiger partial charge in [0.25, 0.3) is 0 Å². The average molecular weight is 303 g/mol. The first-order valence-corrected chi connectivity index (χ1v) is 6.87. The van der Waals surface area contributed by atoms with Gasteiger partial charge in [0.1, 0.15) is 0 Å². The van der Waals surface area contributed by atoms with Gasteiger partial charge in [0, 0.05) is 31.9 Å². The molecule has 1 aromatic heterocycles. The van der Waals surface area contributed by atoms with E-state index in [2.05, 4.69) is 27.4 Å². The van der Waals surface area contributed by atoms with Crippen molar-refractivity contribution in [1.29, 1.82) is 0 Å². The molecule has 1 aliphatic heterocycles. The van der Waals surface area contributed by atoms with Gasteiger partial charge in [-0.3, -0.25) is 9.69 Å². The number of rotatable bonds is 3. The molecule has 0 unspecified atom stereocenters. The number of piperazine rings is 1. The number of amides is 1. The molecule has 1 atom stereocenters. The summed E-state index contributed by atoms with van der Waals surface area (Å²) < 4.78 is 0. The van der Waals surface area contributed by atoms with Gasteiger partial charge in [-0.1, -0.05) is 23.2 Å². The van der Waals surface area contributed by atoms with Crippen molar-refractivity contribution in [3.05, 3.63) is 22.3 Å². The number of carbonyl (C=O) groups excluding carboxylic acids is 1. The molecule has 1 saturated heterocycles. The Morgan fingerprint density at radius 2 is 2.42 bits per heavy atom. The topological polar surface area (TPSA) is 57.3 Å². The fraction of sp³-hybridized carbons (Fsp3) is 0.500. The van der Waals surface area contributed by atoms with Crippen LogP contribution in [0.4, 0.5) is 5.82 Å². The minimum absolute atomic E-state index is 0.120. The van der Waals surface area contributed by atoms with Crippen LogP contribution in [0.25, 0.3) is 0 Å². The molecule has 0 aliphatic carbocycles. The van der Waals surface area contributed by atoms with E-state index in [0.717, 1.165) is 19.6 Å². The molecule has 104 valence electrons. The van der Waals surface area contributed by atoms with Crippen molar-refractivity contribution in [2.75, 3.05) is 31.5 Å². The van der Waals surface area contributed by atoms with E-state index in [1.165, 1.54) is 6.20 Å². The van der Waals surface area contributed by atoms with E-state index in [1.807, 2.05) is 0 Å². The third kappa shape index (κ3) is 4.04. The molecule has 7 heteroatoms. The molecule has 1 aromatic rings. The van der Waals surface area contributed by atoms with Gasteiger partial charge in [0.05, 0.1) is 16.6 Å². The molecule has 0 aromatic carbocycles. The lowest BCUT2D eigenvalue weighted by Gasteiger charge is -2.33. The van der Waals surface area contributed by atoms with Gasteiger partial charge in [-0.25, -0.2) is 4.98 Å². The number of hydrogen-bond donors (Lipinski definition) is 2. The first-order valence-electron chi connectivity index (χ1n) is 6.12. The van der Waals surface area contributed by atoms with Crippen LogP contribution in [-0.4, -0.2) is 48.0 Å². The van der Waals surface area contributed by atoms with Crippen molar-refractivity contribution >= 4 is 34.9 Å². The Bertz CT molecular complexity index is 469. The highest BCUT2D eigenvalue weighted by Crippen LogP contribution is 2.22. The van der Waals surface area contributed by atoms with Crippen LogP contribution < -0.4 is 10.6 Å². The molecule has 0 radical (unpaired) electrons. The maximum atomic E-state index is 12.0. The summed E-state index contributed by atoms with van der Waals surface area (Å²) in [4.78, 5) is 18.1. The van der Waals surface area contributed by atoms with Crippen LogP contribution in [0.1, 0.15) is 6.92 Å². The Hall–Kier alpha value is -0.880. The summed E-state index contributed by atoms with van der Waals surface area (Å²) in [5, 5.41) is 6.77. The summed E-state index contributed by atoms with van der Waals surface area (Å²) in [6.45, 7) is 5.08. The van der Waals surface area contributed by atoms with Crippen LogP contribution in [0, 0.1) is 0 Å². The summed E-state index contributed by atoms with van der Waals surface area (Å²) in [5.41, 5.74) is 0. The Balaban J connectivity index is 1.93. The van der Waals surface area contributed by atoms with Crippen molar-refractivity contribution in [1.82, 2.24) is 15.2 Å². The van der Waals surface area contributed by atoms with Crippen molar-refractivity contribution < 1.29 is 4.79 Å². The maximum Gasteiger partial charge on any atom is 0.239 e. The maximum absolute atomic E-state index is 12.0. The first-order chi connectivity index (χ1) is 9.06. The predicted octanol–water partition coefficient (Wildman–Crippen LogP) is 1.62. The van der Waals surface area contributed by atoms with Crippen LogP contribution in [-0.2, 0) is 4.79 Å². The molecule has 2 N–H and O–H groups in total. The fourth-order valence-electron chi connectivity index (χ4n) is 1.98. The van der Waals surface area contributed by atoms with Gasteiger partial charge in [0.2, 0.25) is 5.91 Å². The van der Waals surface area contributed by atoms with Gasteiger partial charge in [-0.05, 0) is 13.0 Å². The number of nitrogens with zero attached hydrogens (tertiary/aromatic N) is 2. The van der Waals surface area contributed by atoms with Gasteiger partial charge in [-0.2, -0.15) is 0 Å². The molecule has 1 amide bonds. The predicted molar refractivity (Wildman–Crippen MR) is 76.8 cm³/mol. The Morgan fingerprint density at radius 3 is 3.11 bits per heavy atom. The molecular weight excluding hydrogens is 287 g/mol. The third-order valence-electron chi connectivity index (χ3n) is 3.05. The van der Waals surface area contributed by atoms with E-state index < -0.39 is 0 Å². The van der Waals surface area contributed by atoms with Crippen LogP contribution in [0.3, 0.4) is 0 Å². The minimum Gasteiger partial charge on any atom is -0.314 e. The molecule has 0 saturated carbocycles. The van der Waals surface area contributed by atoms with E-state index in [9.17, 15) is 4.79 Å². The van der Waals surface area contributed by atoms with Crippen molar-refractivity contribution in [3.8, 4) is 0 Å². The van der Waals surface area contributed by atoms with E-state index in [0.29, 0.717) is 28.4 Å². The van der Waals surface area contributed by atoms with Crippen LogP contribution >= 0.6 is 23.2 Å². The Labute approximate surface area is 122 Å². The van der Waals surface area contributed by atoms with Gasteiger partial charge in [0.15, 0.2) is 5.82 Å². The van der Waals surface area contributed by atoms with Crippen molar-refractivity contribution in [3.63, 3.8) is 0 Å². The largest absolute Gasteiger partial charge is 0.314 e. The molecule has 0 spiro atoms. The van der Waals surface area contributed by atoms with Crippen molar-refractivity contribution in [2.24, 2.45) is 0 Å². The third-order valence-corrected chi connectivity index (χ3v) is 3.55. The smallest absolute Gasteiger partial charge is 0.239 e. The molecule has 0 bridgehead atoms. The summed E-state index contributed by atoms with van der Waals surface area (Å²) in [6.07, 6.45) is 1.45. The second-order valence-electron chi connectivity index (χ2n) is 4.56. The minimum atomic E-state index is -0.120. The lowest BCUT2D eigenvalue weighted by molar-refractivity contribution is -0.118. The number of halogens is 2. The lowest BCUT2D eigenvalue weighted by Crippen LogP contribution is -2.52. The van der Waals surface area contributed by atoms with E-state index in [4.69, 9.17) is 23.2 Å². The van der Waals surface area contributed by atoms with Crippen molar-refractivity contribution in [2.45, 2.75) is 13.0 Å². The summed E-state index contributed by atoms with van der Waals surface area (Å²) >= 11 is 11.7. The highest BCUT2D eigenvalue weighted by Gasteiger charge is 2.20. The van der Waals surface area contributed by atoms with E-state index in [-0.39, 0.29) is 5.91 Å². The molecule has 1 fully saturated rings. The van der Waals surface area contributed by atoms with Gasteiger partial charge >= 0.3 is 0 Å². The standard InChI is InChI=1S/C12H16Cl2N4O/c1-8-5-15-2-3-18(8)7-11(19)17-12-10(14)4-9(13)6-16-12/h4,6,8,15H,2-3,5,7H2,1H3,(H,16,17,19)/t8-/m1/s1. The van der Waals surface area contributed by atoms with Crippen LogP contribution in [0.5, 0.6) is 0 Å². The second kappa shape index (κ2) is 6.52. The molecule has 2 heterocycles. The normalized spacial score (nSPS) is 20.3. The fourth-order valence-corrected chi connectivity index (χ4v) is 2.41. The zero-order chi connectivity index (χ0) is 13.8. The average Bonchev–Trinajstić information content (AvgIpc) is 2.36.